The summed E-state index contributed by atoms with van der Waals surface area (Å²) in [5.74, 6) is -1.60. The first-order valence-electron chi connectivity index (χ1n) is 4.81. The second-order valence-electron chi connectivity index (χ2n) is 4.11. The molecule has 4 nitrogen and oxygen atoms in total. The number of rotatable bonds is 2. The zero-order chi connectivity index (χ0) is 11.2. The summed E-state index contributed by atoms with van der Waals surface area (Å²) in [6, 6.07) is -1.05. The van der Waals surface area contributed by atoms with Crippen molar-refractivity contribution in [3.05, 3.63) is 0 Å². The molecule has 1 aliphatic carbocycles. The van der Waals surface area contributed by atoms with Crippen LogP contribution in [0.15, 0.2) is 0 Å². The number of hydrogen-bond acceptors (Lipinski definition) is 2. The SMILES string of the molecule is O=C(O)[C@@H]1C[C@@H](F)CN1C(=O)C1(Cl)CC1. The topological polar surface area (TPSA) is 57.6 Å². The van der Waals surface area contributed by atoms with Gasteiger partial charge in [0, 0.05) is 6.42 Å². The van der Waals surface area contributed by atoms with E-state index in [0.29, 0.717) is 12.8 Å². The van der Waals surface area contributed by atoms with E-state index in [1.54, 1.807) is 0 Å². The average Bonchev–Trinajstić information content (AvgIpc) is 2.77. The van der Waals surface area contributed by atoms with Crippen LogP contribution in [0, 0.1) is 0 Å². The van der Waals surface area contributed by atoms with Gasteiger partial charge >= 0.3 is 5.97 Å². The highest BCUT2D eigenvalue weighted by Gasteiger charge is 2.54. The standard InChI is InChI=1S/C9H11ClFNO3/c10-9(1-2-9)8(15)12-4-5(11)3-6(12)7(13)14/h5-6H,1-4H2,(H,13,14)/t5-,6+/m1/s1. The highest BCUT2D eigenvalue weighted by Crippen LogP contribution is 2.45. The molecule has 0 bridgehead atoms. The summed E-state index contributed by atoms with van der Waals surface area (Å²) in [6.45, 7) is -0.149. The van der Waals surface area contributed by atoms with Gasteiger partial charge in [0.15, 0.2) is 0 Å². The molecule has 1 N–H and O–H groups in total. The van der Waals surface area contributed by atoms with Crippen molar-refractivity contribution in [2.24, 2.45) is 0 Å². The van der Waals surface area contributed by atoms with E-state index in [0.717, 1.165) is 4.90 Å². The summed E-state index contributed by atoms with van der Waals surface area (Å²) < 4.78 is 13.1. The number of likely N-dealkylation sites (tertiary alicyclic amines) is 1. The van der Waals surface area contributed by atoms with Gasteiger partial charge in [-0.25, -0.2) is 9.18 Å². The molecule has 0 aromatic carbocycles. The summed E-state index contributed by atoms with van der Waals surface area (Å²) >= 11 is 5.89. The molecule has 2 atom stereocenters. The maximum atomic E-state index is 13.1. The van der Waals surface area contributed by atoms with Gasteiger partial charge in [-0.1, -0.05) is 0 Å². The predicted molar refractivity (Wildman–Crippen MR) is 50.5 cm³/mol. The first-order chi connectivity index (χ1) is 6.94. The lowest BCUT2D eigenvalue weighted by atomic mass is 10.2. The van der Waals surface area contributed by atoms with Crippen LogP contribution >= 0.6 is 11.6 Å². The van der Waals surface area contributed by atoms with Gasteiger partial charge in [0.2, 0.25) is 5.91 Å². The van der Waals surface area contributed by atoms with Crippen LogP contribution in [0.2, 0.25) is 0 Å². The Kier molecular flexibility index (Phi) is 2.37. The average molecular weight is 236 g/mol. The third-order valence-electron chi connectivity index (χ3n) is 2.87. The van der Waals surface area contributed by atoms with E-state index in [9.17, 15) is 14.0 Å². The Morgan fingerprint density at radius 1 is 1.47 bits per heavy atom. The van der Waals surface area contributed by atoms with Crippen molar-refractivity contribution in [2.75, 3.05) is 6.54 Å². The highest BCUT2D eigenvalue weighted by atomic mass is 35.5. The number of alkyl halides is 2. The lowest BCUT2D eigenvalue weighted by Gasteiger charge is -2.23. The number of halogens is 2. The van der Waals surface area contributed by atoms with Crippen molar-refractivity contribution in [1.29, 1.82) is 0 Å². The Balaban J connectivity index is 2.13. The summed E-state index contributed by atoms with van der Waals surface area (Å²) in [6.07, 6.45) is -0.289. The first kappa shape index (κ1) is 10.7. The maximum Gasteiger partial charge on any atom is 0.326 e. The molecule has 2 aliphatic rings. The van der Waals surface area contributed by atoms with Gasteiger partial charge in [-0.15, -0.1) is 11.6 Å². The van der Waals surface area contributed by atoms with Crippen molar-refractivity contribution in [3.63, 3.8) is 0 Å². The minimum Gasteiger partial charge on any atom is -0.480 e. The van der Waals surface area contributed by atoms with Gasteiger partial charge in [0.05, 0.1) is 6.54 Å². The van der Waals surface area contributed by atoms with Crippen LogP contribution < -0.4 is 0 Å². The Bertz CT molecular complexity index is 318. The molecular formula is C9H11ClFNO3. The molecule has 0 aromatic heterocycles. The molecule has 0 spiro atoms. The van der Waals surface area contributed by atoms with E-state index in [4.69, 9.17) is 16.7 Å². The molecule has 1 aliphatic heterocycles. The molecule has 1 heterocycles. The summed E-state index contributed by atoms with van der Waals surface area (Å²) in [5.41, 5.74) is 0. The molecule has 84 valence electrons. The van der Waals surface area contributed by atoms with E-state index in [-0.39, 0.29) is 13.0 Å². The third kappa shape index (κ3) is 1.80. The molecular weight excluding hydrogens is 225 g/mol. The van der Waals surface area contributed by atoms with Gasteiger partial charge < -0.3 is 10.0 Å². The van der Waals surface area contributed by atoms with Crippen molar-refractivity contribution in [2.45, 2.75) is 36.4 Å². The molecule has 6 heteroatoms. The fraction of sp³-hybridized carbons (Fsp3) is 0.778. The molecule has 0 unspecified atom stereocenters. The number of carbonyl (C=O) groups is 2. The van der Waals surface area contributed by atoms with Crippen LogP contribution in [-0.4, -0.2) is 45.5 Å². The molecule has 2 fully saturated rings. The molecule has 0 radical (unpaired) electrons. The molecule has 1 saturated heterocycles. The van der Waals surface area contributed by atoms with Crippen LogP contribution in [0.1, 0.15) is 19.3 Å². The Morgan fingerprint density at radius 2 is 2.07 bits per heavy atom. The van der Waals surface area contributed by atoms with E-state index in [2.05, 4.69) is 0 Å². The molecule has 2 rings (SSSR count). The van der Waals surface area contributed by atoms with Gasteiger partial charge in [-0.3, -0.25) is 4.79 Å². The van der Waals surface area contributed by atoms with Crippen molar-refractivity contribution < 1.29 is 19.1 Å². The Labute approximate surface area is 91.0 Å². The van der Waals surface area contributed by atoms with Gasteiger partial charge in [0.25, 0.3) is 0 Å². The first-order valence-corrected chi connectivity index (χ1v) is 5.19. The van der Waals surface area contributed by atoms with Crippen LogP contribution in [0.5, 0.6) is 0 Å². The van der Waals surface area contributed by atoms with Crippen LogP contribution in [0.25, 0.3) is 0 Å². The fourth-order valence-electron chi connectivity index (χ4n) is 1.82. The number of carboxylic acids is 1. The normalized spacial score (nSPS) is 32.8. The Morgan fingerprint density at radius 3 is 2.53 bits per heavy atom. The van der Waals surface area contributed by atoms with E-state index < -0.39 is 29.0 Å². The number of carbonyl (C=O) groups excluding carboxylic acids is 1. The smallest absolute Gasteiger partial charge is 0.326 e. The number of amides is 1. The van der Waals surface area contributed by atoms with Crippen molar-refractivity contribution in [1.82, 2.24) is 4.90 Å². The third-order valence-corrected chi connectivity index (χ3v) is 3.41. The lowest BCUT2D eigenvalue weighted by molar-refractivity contribution is -0.148. The molecule has 0 aromatic rings. The monoisotopic (exact) mass is 235 g/mol. The zero-order valence-electron chi connectivity index (χ0n) is 7.95. The number of carboxylic acid groups (broad SMARTS) is 1. The minimum atomic E-state index is -1.26. The van der Waals surface area contributed by atoms with E-state index in [1.807, 2.05) is 0 Å². The van der Waals surface area contributed by atoms with Crippen LogP contribution in [-0.2, 0) is 9.59 Å². The molecule has 1 amide bonds. The molecule has 15 heavy (non-hydrogen) atoms. The predicted octanol–water partition coefficient (Wildman–Crippen LogP) is 0.781. The summed E-state index contributed by atoms with van der Waals surface area (Å²) in [7, 11) is 0. The lowest BCUT2D eigenvalue weighted by Crippen LogP contribution is -2.45. The largest absolute Gasteiger partial charge is 0.480 e. The second-order valence-corrected chi connectivity index (χ2v) is 4.83. The van der Waals surface area contributed by atoms with E-state index in [1.165, 1.54) is 0 Å². The quantitative estimate of drug-likeness (QED) is 0.720. The highest BCUT2D eigenvalue weighted by molar-refractivity contribution is 6.37. The summed E-state index contributed by atoms with van der Waals surface area (Å²) in [5, 5.41) is 8.83. The van der Waals surface area contributed by atoms with Crippen LogP contribution in [0.4, 0.5) is 4.39 Å². The fourth-order valence-corrected chi connectivity index (χ4v) is 2.03. The zero-order valence-corrected chi connectivity index (χ0v) is 8.71. The van der Waals surface area contributed by atoms with Crippen molar-refractivity contribution in [3.8, 4) is 0 Å². The number of nitrogens with zero attached hydrogens (tertiary/aromatic N) is 1. The van der Waals surface area contributed by atoms with Gasteiger partial charge in [-0.2, -0.15) is 0 Å². The van der Waals surface area contributed by atoms with Crippen LogP contribution in [0.3, 0.4) is 0 Å². The second kappa shape index (κ2) is 3.33. The Hall–Kier alpha value is -0.840. The summed E-state index contributed by atoms with van der Waals surface area (Å²) in [4.78, 5) is 22.7. The van der Waals surface area contributed by atoms with Gasteiger partial charge in [0.1, 0.15) is 17.1 Å². The number of hydrogen-bond donors (Lipinski definition) is 1. The maximum absolute atomic E-state index is 13.1. The number of aliphatic carboxylic acids is 1. The van der Waals surface area contributed by atoms with Crippen molar-refractivity contribution >= 4 is 23.5 Å². The van der Waals surface area contributed by atoms with Gasteiger partial charge in [-0.05, 0) is 12.8 Å². The molecule has 1 saturated carbocycles. The van der Waals surface area contributed by atoms with E-state index >= 15 is 0 Å². The minimum absolute atomic E-state index is 0.131.